The summed E-state index contributed by atoms with van der Waals surface area (Å²) in [5, 5.41) is 0. The Kier molecular flexibility index (Phi) is 33.4. The van der Waals surface area contributed by atoms with Crippen molar-refractivity contribution in [2.75, 3.05) is 11.5 Å². The van der Waals surface area contributed by atoms with E-state index in [0.717, 1.165) is 11.5 Å². The molecule has 2 aromatic carbocycles. The minimum atomic E-state index is 0. The van der Waals surface area contributed by atoms with Gasteiger partial charge in [0, 0.05) is 11.5 Å². The average Bonchev–Trinajstić information content (AvgIpc) is 2.97. The van der Waals surface area contributed by atoms with Gasteiger partial charge in [-0.2, -0.15) is 0 Å². The molecule has 4 heteroatoms. The summed E-state index contributed by atoms with van der Waals surface area (Å²) < 4.78 is 5.58. The molecule has 0 N–H and O–H groups in total. The maximum Gasteiger partial charge on any atom is 0.127 e. The average molecular weight is 597 g/mol. The summed E-state index contributed by atoms with van der Waals surface area (Å²) in [6.07, 6.45) is 29.1. The summed E-state index contributed by atoms with van der Waals surface area (Å²) >= 11 is 0. The van der Waals surface area contributed by atoms with E-state index in [2.05, 4.69) is 35.4 Å². The SMILES string of the molecule is CCCCCCCCCCCCSSCCCCCCCCCCCC.[NaH].c1ccc(Oc2ccccc2)cc1. The maximum atomic E-state index is 5.58. The number of unbranched alkanes of at least 4 members (excludes halogenated alkanes) is 18. The molecule has 0 heterocycles. The number of benzene rings is 2. The van der Waals surface area contributed by atoms with Crippen LogP contribution in [0.4, 0.5) is 0 Å². The zero-order valence-electron chi connectivity index (χ0n) is 25.6. The standard InChI is InChI=1S/C24H50S2.C12H10O.Na.H/c1-3-5-7-9-11-13-15-17-19-21-23-25-26-24-22-20-18-16-14-12-10-8-6-4-2;1-3-7-11(8-4-1)13-12-9-5-2-6-10-12;;/h3-24H2,1-2H3;1-10H;;. The van der Waals surface area contributed by atoms with Crippen LogP contribution in [-0.2, 0) is 0 Å². The van der Waals surface area contributed by atoms with Gasteiger partial charge in [0.25, 0.3) is 0 Å². The van der Waals surface area contributed by atoms with E-state index in [4.69, 9.17) is 4.74 Å². The first-order valence-corrected chi connectivity index (χ1v) is 18.9. The van der Waals surface area contributed by atoms with Gasteiger partial charge < -0.3 is 4.74 Å². The third kappa shape index (κ3) is 28.1. The summed E-state index contributed by atoms with van der Waals surface area (Å²) in [5.41, 5.74) is 0. The van der Waals surface area contributed by atoms with Crippen LogP contribution in [0.1, 0.15) is 142 Å². The Hall–Kier alpha value is -0.0600. The van der Waals surface area contributed by atoms with Crippen LogP contribution >= 0.6 is 21.6 Å². The molecule has 0 aliphatic carbocycles. The van der Waals surface area contributed by atoms with Crippen molar-refractivity contribution < 1.29 is 4.74 Å². The molecular formula is C36H61NaOS2. The topological polar surface area (TPSA) is 9.23 Å². The summed E-state index contributed by atoms with van der Waals surface area (Å²) in [6, 6.07) is 19.5. The van der Waals surface area contributed by atoms with Crippen molar-refractivity contribution in [3.63, 3.8) is 0 Å². The van der Waals surface area contributed by atoms with Gasteiger partial charge in [-0.25, -0.2) is 0 Å². The van der Waals surface area contributed by atoms with Crippen molar-refractivity contribution in [3.8, 4) is 11.5 Å². The van der Waals surface area contributed by atoms with Crippen molar-refractivity contribution in [1.82, 2.24) is 0 Å². The zero-order valence-corrected chi connectivity index (χ0v) is 27.2. The van der Waals surface area contributed by atoms with Gasteiger partial charge in [0.1, 0.15) is 11.5 Å². The monoisotopic (exact) mass is 596 g/mol. The smallest absolute Gasteiger partial charge is 0.127 e. The van der Waals surface area contributed by atoms with Gasteiger partial charge in [0.15, 0.2) is 0 Å². The summed E-state index contributed by atoms with van der Waals surface area (Å²) in [7, 11) is 4.25. The van der Waals surface area contributed by atoms with E-state index in [1.165, 1.54) is 140 Å². The Morgan fingerprint density at radius 3 is 0.975 bits per heavy atom. The minimum absolute atomic E-state index is 0. The molecule has 0 spiro atoms. The molecule has 0 saturated heterocycles. The quantitative estimate of drug-likeness (QED) is 0.0641. The van der Waals surface area contributed by atoms with Gasteiger partial charge in [-0.3, -0.25) is 0 Å². The second-order valence-corrected chi connectivity index (χ2v) is 13.4. The van der Waals surface area contributed by atoms with E-state index in [1.807, 2.05) is 60.7 Å². The molecule has 1 nitrogen and oxygen atoms in total. The third-order valence-corrected chi connectivity index (χ3v) is 9.55. The fourth-order valence-electron chi connectivity index (χ4n) is 4.53. The molecule has 2 aromatic rings. The molecule has 0 fully saturated rings. The molecule has 0 radical (unpaired) electrons. The molecule has 0 aliphatic rings. The molecular weight excluding hydrogens is 536 g/mol. The van der Waals surface area contributed by atoms with Crippen LogP contribution in [0.3, 0.4) is 0 Å². The first-order chi connectivity index (χ1) is 19.4. The molecule has 224 valence electrons. The predicted molar refractivity (Wildman–Crippen MR) is 189 cm³/mol. The third-order valence-electron chi connectivity index (χ3n) is 6.97. The van der Waals surface area contributed by atoms with Gasteiger partial charge >= 0.3 is 29.6 Å². The van der Waals surface area contributed by atoms with Crippen LogP contribution in [0.2, 0.25) is 0 Å². The molecule has 0 aliphatic heterocycles. The van der Waals surface area contributed by atoms with Gasteiger partial charge in [-0.05, 0) is 37.1 Å². The van der Waals surface area contributed by atoms with E-state index in [9.17, 15) is 0 Å². The largest absolute Gasteiger partial charge is 0.457 e. The molecule has 0 unspecified atom stereocenters. The van der Waals surface area contributed by atoms with Crippen LogP contribution in [0.5, 0.6) is 11.5 Å². The summed E-state index contributed by atoms with van der Waals surface area (Å²) in [6.45, 7) is 4.60. The number of ether oxygens (including phenoxy) is 1. The molecule has 0 saturated carbocycles. The number of rotatable bonds is 25. The predicted octanol–water partition coefficient (Wildman–Crippen LogP) is 13.0. The van der Waals surface area contributed by atoms with E-state index >= 15 is 0 Å². The van der Waals surface area contributed by atoms with Crippen LogP contribution < -0.4 is 4.74 Å². The Bertz CT molecular complexity index is 652. The van der Waals surface area contributed by atoms with E-state index in [-0.39, 0.29) is 29.6 Å². The van der Waals surface area contributed by atoms with Crippen molar-refractivity contribution in [2.45, 2.75) is 142 Å². The van der Waals surface area contributed by atoms with Crippen LogP contribution in [0.15, 0.2) is 60.7 Å². The maximum absolute atomic E-state index is 5.58. The Morgan fingerprint density at radius 1 is 0.400 bits per heavy atom. The molecule has 2 rings (SSSR count). The van der Waals surface area contributed by atoms with Gasteiger partial charge in [0.2, 0.25) is 0 Å². The fourth-order valence-corrected chi connectivity index (χ4v) is 6.82. The van der Waals surface area contributed by atoms with Crippen LogP contribution in [-0.4, -0.2) is 41.1 Å². The Morgan fingerprint density at radius 2 is 0.675 bits per heavy atom. The van der Waals surface area contributed by atoms with E-state index in [1.54, 1.807) is 0 Å². The summed E-state index contributed by atoms with van der Waals surface area (Å²) in [5.74, 6) is 4.49. The molecule has 0 aromatic heterocycles. The van der Waals surface area contributed by atoms with Gasteiger partial charge in [-0.1, -0.05) is 187 Å². The van der Waals surface area contributed by atoms with Crippen molar-refractivity contribution >= 4 is 51.1 Å². The number of hydrogen-bond donors (Lipinski definition) is 0. The second-order valence-electron chi connectivity index (χ2n) is 10.7. The number of hydrogen-bond acceptors (Lipinski definition) is 3. The molecule has 40 heavy (non-hydrogen) atoms. The second kappa shape index (κ2) is 33.4. The minimum Gasteiger partial charge on any atom is -0.457 e. The van der Waals surface area contributed by atoms with E-state index < -0.39 is 0 Å². The van der Waals surface area contributed by atoms with Crippen molar-refractivity contribution in [3.05, 3.63) is 60.7 Å². The van der Waals surface area contributed by atoms with Crippen LogP contribution in [0.25, 0.3) is 0 Å². The zero-order chi connectivity index (χ0) is 27.9. The van der Waals surface area contributed by atoms with Crippen LogP contribution in [0, 0.1) is 0 Å². The first-order valence-electron chi connectivity index (χ1n) is 16.4. The Labute approximate surface area is 279 Å². The van der Waals surface area contributed by atoms with Crippen molar-refractivity contribution in [1.29, 1.82) is 0 Å². The number of para-hydroxylation sites is 2. The molecule has 0 bridgehead atoms. The summed E-state index contributed by atoms with van der Waals surface area (Å²) in [4.78, 5) is 0. The first kappa shape index (κ1) is 39.9. The Balaban J connectivity index is 0.000000899. The fraction of sp³-hybridized carbons (Fsp3) is 0.667. The van der Waals surface area contributed by atoms with Gasteiger partial charge in [-0.15, -0.1) is 0 Å². The molecule has 0 amide bonds. The van der Waals surface area contributed by atoms with E-state index in [0.29, 0.717) is 0 Å². The van der Waals surface area contributed by atoms with Gasteiger partial charge in [0.05, 0.1) is 0 Å². The molecule has 0 atom stereocenters. The normalized spacial score (nSPS) is 10.4. The van der Waals surface area contributed by atoms with Crippen molar-refractivity contribution in [2.24, 2.45) is 0 Å².